The van der Waals surface area contributed by atoms with E-state index in [1.807, 2.05) is 18.2 Å². The molecule has 0 spiro atoms. The number of ether oxygens (including phenoxy) is 1. The fraction of sp³-hybridized carbons (Fsp3) is 0.625. The topological polar surface area (TPSA) is 13.7 Å². The van der Waals surface area contributed by atoms with Gasteiger partial charge in [-0.3, -0.25) is 0 Å². The summed E-state index contributed by atoms with van der Waals surface area (Å²) < 4.78 is 6.71. The van der Waals surface area contributed by atoms with Gasteiger partial charge in [0.15, 0.2) is 0 Å². The molecule has 0 radical (unpaired) electrons. The lowest BCUT2D eigenvalue weighted by Crippen LogP contribution is -3.13. The van der Waals surface area contributed by atoms with Gasteiger partial charge in [0.2, 0.25) is 0 Å². The molecule has 1 aliphatic heterocycles. The zero-order chi connectivity index (χ0) is 14.4. The van der Waals surface area contributed by atoms with E-state index in [-0.39, 0.29) is 0 Å². The number of likely N-dealkylation sites (tertiary alicyclic amines) is 1. The Morgan fingerprint density at radius 3 is 2.75 bits per heavy atom. The average Bonchev–Trinajstić information content (AvgIpc) is 2.42. The maximum atomic E-state index is 5.91. The number of rotatable bonds is 6. The molecule has 0 bridgehead atoms. The normalized spacial score (nSPS) is 22.8. The van der Waals surface area contributed by atoms with E-state index in [1.165, 1.54) is 38.9 Å². The highest BCUT2D eigenvalue weighted by molar-refractivity contribution is 9.10. The number of halogens is 2. The Hall–Kier alpha value is -0.250. The minimum Gasteiger partial charge on any atom is -0.492 e. The molecule has 2 rings (SSSR count). The van der Waals surface area contributed by atoms with Crippen molar-refractivity contribution in [3.05, 3.63) is 27.7 Å². The summed E-state index contributed by atoms with van der Waals surface area (Å²) >= 11 is 9.38. The zero-order valence-electron chi connectivity index (χ0n) is 12.1. The molecule has 1 heterocycles. The monoisotopic (exact) mass is 360 g/mol. The molecular formula is C16H24BrClNO+. The van der Waals surface area contributed by atoms with Gasteiger partial charge in [-0.25, -0.2) is 0 Å². The van der Waals surface area contributed by atoms with E-state index < -0.39 is 0 Å². The molecule has 1 aliphatic rings. The third-order valence-corrected chi connectivity index (χ3v) is 4.91. The predicted molar refractivity (Wildman–Crippen MR) is 87.8 cm³/mol. The molecule has 0 aromatic heterocycles. The predicted octanol–water partition coefficient (Wildman–Crippen LogP) is 3.58. The Balaban J connectivity index is 1.59. The van der Waals surface area contributed by atoms with Gasteiger partial charge in [0, 0.05) is 5.02 Å². The second-order valence-electron chi connectivity index (χ2n) is 5.81. The molecule has 1 aromatic carbocycles. The van der Waals surface area contributed by atoms with E-state index in [1.54, 1.807) is 4.90 Å². The van der Waals surface area contributed by atoms with Gasteiger partial charge in [-0.15, -0.1) is 0 Å². The molecule has 4 heteroatoms. The van der Waals surface area contributed by atoms with Crippen molar-refractivity contribution < 1.29 is 9.64 Å². The van der Waals surface area contributed by atoms with Crippen molar-refractivity contribution in [1.29, 1.82) is 0 Å². The van der Waals surface area contributed by atoms with Crippen LogP contribution in [0.2, 0.25) is 5.02 Å². The quantitative estimate of drug-likeness (QED) is 0.765. The smallest absolute Gasteiger partial charge is 0.133 e. The van der Waals surface area contributed by atoms with Gasteiger partial charge in [0.1, 0.15) is 5.75 Å². The van der Waals surface area contributed by atoms with Gasteiger partial charge in [-0.2, -0.15) is 0 Å². The van der Waals surface area contributed by atoms with Crippen LogP contribution in [0.25, 0.3) is 0 Å². The fourth-order valence-corrected chi connectivity index (χ4v) is 3.47. The number of quaternary nitrogens is 1. The highest BCUT2D eigenvalue weighted by atomic mass is 79.9. The Morgan fingerprint density at radius 2 is 2.05 bits per heavy atom. The molecule has 1 N–H and O–H groups in total. The first-order valence-corrected chi connectivity index (χ1v) is 8.73. The molecule has 0 amide bonds. The van der Waals surface area contributed by atoms with Crippen LogP contribution in [-0.2, 0) is 0 Å². The van der Waals surface area contributed by atoms with Crippen LogP contribution in [0.3, 0.4) is 0 Å². The van der Waals surface area contributed by atoms with Crippen molar-refractivity contribution in [2.24, 2.45) is 5.92 Å². The van der Waals surface area contributed by atoms with Gasteiger partial charge < -0.3 is 9.64 Å². The molecule has 1 saturated heterocycles. The van der Waals surface area contributed by atoms with Crippen LogP contribution < -0.4 is 9.64 Å². The highest BCUT2D eigenvalue weighted by Gasteiger charge is 2.17. The van der Waals surface area contributed by atoms with Crippen molar-refractivity contribution in [2.75, 3.05) is 26.2 Å². The van der Waals surface area contributed by atoms with Gasteiger partial charge in [0.05, 0.1) is 30.7 Å². The van der Waals surface area contributed by atoms with Crippen LogP contribution in [0.1, 0.15) is 32.6 Å². The minimum absolute atomic E-state index is 0.729. The average molecular weight is 362 g/mol. The summed E-state index contributed by atoms with van der Waals surface area (Å²) in [4.78, 5) is 1.77. The van der Waals surface area contributed by atoms with Crippen molar-refractivity contribution in [1.82, 2.24) is 0 Å². The number of piperidine rings is 1. The second-order valence-corrected chi connectivity index (χ2v) is 7.10. The zero-order valence-corrected chi connectivity index (χ0v) is 14.5. The first-order chi connectivity index (χ1) is 9.65. The van der Waals surface area contributed by atoms with Crippen LogP contribution >= 0.6 is 27.5 Å². The maximum Gasteiger partial charge on any atom is 0.133 e. The van der Waals surface area contributed by atoms with E-state index in [0.29, 0.717) is 0 Å². The van der Waals surface area contributed by atoms with Gasteiger partial charge in [0.25, 0.3) is 0 Å². The molecular weight excluding hydrogens is 338 g/mol. The SMILES string of the molecule is CC1CC[NH+](CCCCOc2ccc(Cl)cc2Br)CC1. The van der Waals surface area contributed by atoms with Crippen LogP contribution in [-0.4, -0.2) is 26.2 Å². The van der Waals surface area contributed by atoms with Gasteiger partial charge >= 0.3 is 0 Å². The summed E-state index contributed by atoms with van der Waals surface area (Å²) in [6, 6.07) is 5.65. The lowest BCUT2D eigenvalue weighted by molar-refractivity contribution is -0.906. The summed E-state index contributed by atoms with van der Waals surface area (Å²) in [6.07, 6.45) is 5.15. The number of unbranched alkanes of at least 4 members (excludes halogenated alkanes) is 1. The van der Waals surface area contributed by atoms with E-state index >= 15 is 0 Å². The summed E-state index contributed by atoms with van der Waals surface area (Å²) in [5.41, 5.74) is 0. The number of nitrogens with one attached hydrogen (secondary N) is 1. The van der Waals surface area contributed by atoms with Crippen molar-refractivity contribution in [2.45, 2.75) is 32.6 Å². The van der Waals surface area contributed by atoms with Crippen molar-refractivity contribution in [3.8, 4) is 5.75 Å². The number of hydrogen-bond acceptors (Lipinski definition) is 1. The van der Waals surface area contributed by atoms with Crippen molar-refractivity contribution in [3.63, 3.8) is 0 Å². The molecule has 20 heavy (non-hydrogen) atoms. The Bertz CT molecular complexity index is 419. The summed E-state index contributed by atoms with van der Waals surface area (Å²) in [5, 5.41) is 0.729. The number of hydrogen-bond donors (Lipinski definition) is 1. The first-order valence-electron chi connectivity index (χ1n) is 7.56. The summed E-state index contributed by atoms with van der Waals surface area (Å²) in [7, 11) is 0. The largest absolute Gasteiger partial charge is 0.492 e. The minimum atomic E-state index is 0.729. The van der Waals surface area contributed by atoms with Crippen LogP contribution in [0.4, 0.5) is 0 Å². The standard InChI is InChI=1S/C16H23BrClNO/c1-13-6-9-19(10-7-13)8-2-3-11-20-16-5-4-14(18)12-15(16)17/h4-5,12-13H,2-3,6-11H2,1H3/p+1. The Morgan fingerprint density at radius 1 is 1.30 bits per heavy atom. The number of benzene rings is 1. The summed E-state index contributed by atoms with van der Waals surface area (Å²) in [6.45, 7) is 7.14. The van der Waals surface area contributed by atoms with Gasteiger partial charge in [-0.1, -0.05) is 18.5 Å². The maximum absolute atomic E-state index is 5.91. The molecule has 112 valence electrons. The molecule has 0 aliphatic carbocycles. The van der Waals surface area contributed by atoms with Crippen molar-refractivity contribution >= 4 is 27.5 Å². The molecule has 0 unspecified atom stereocenters. The molecule has 1 aromatic rings. The fourth-order valence-electron chi connectivity index (χ4n) is 2.67. The third kappa shape index (κ3) is 5.27. The first kappa shape index (κ1) is 16.1. The Labute approximate surface area is 135 Å². The highest BCUT2D eigenvalue weighted by Crippen LogP contribution is 2.27. The lowest BCUT2D eigenvalue weighted by atomic mass is 9.99. The second kappa shape index (κ2) is 8.26. The van der Waals surface area contributed by atoms with E-state index in [9.17, 15) is 0 Å². The van der Waals surface area contributed by atoms with Crippen LogP contribution in [0, 0.1) is 5.92 Å². The molecule has 0 atom stereocenters. The molecule has 0 saturated carbocycles. The van der Waals surface area contributed by atoms with E-state index in [0.717, 1.165) is 34.2 Å². The van der Waals surface area contributed by atoms with Crippen LogP contribution in [0.5, 0.6) is 5.75 Å². The molecule has 1 fully saturated rings. The Kier molecular flexibility index (Phi) is 6.66. The summed E-state index contributed by atoms with van der Waals surface area (Å²) in [5.74, 6) is 1.82. The van der Waals surface area contributed by atoms with E-state index in [4.69, 9.17) is 16.3 Å². The molecule has 2 nitrogen and oxygen atoms in total. The van der Waals surface area contributed by atoms with Gasteiger partial charge in [-0.05, 0) is 65.7 Å². The van der Waals surface area contributed by atoms with E-state index in [2.05, 4.69) is 22.9 Å². The van der Waals surface area contributed by atoms with Crippen LogP contribution in [0.15, 0.2) is 22.7 Å². The third-order valence-electron chi connectivity index (χ3n) is 4.06. The lowest BCUT2D eigenvalue weighted by Gasteiger charge is -2.27.